The summed E-state index contributed by atoms with van der Waals surface area (Å²) >= 11 is 0. The van der Waals surface area contributed by atoms with Crippen LogP contribution in [0.4, 0.5) is 13.2 Å². The van der Waals surface area contributed by atoms with Gasteiger partial charge in [-0.15, -0.1) is 12.4 Å². The Morgan fingerprint density at radius 2 is 1.68 bits per heavy atom. The highest BCUT2D eigenvalue weighted by Gasteiger charge is 2.49. The van der Waals surface area contributed by atoms with E-state index in [-0.39, 0.29) is 30.8 Å². The average Bonchev–Trinajstić information content (AvgIpc) is 2.45. The van der Waals surface area contributed by atoms with Crippen LogP contribution in [-0.2, 0) is 4.79 Å². The number of nitrogens with two attached hydrogens (primary N) is 1. The number of nitrogens with zero attached hydrogens (tertiary/aromatic N) is 1. The summed E-state index contributed by atoms with van der Waals surface area (Å²) in [7, 11) is 0. The van der Waals surface area contributed by atoms with Crippen LogP contribution in [-0.4, -0.2) is 36.1 Å². The Bertz CT molecular complexity index is 368. The second-order valence-corrected chi connectivity index (χ2v) is 6.56. The van der Waals surface area contributed by atoms with Crippen LogP contribution >= 0.6 is 12.4 Å². The SMILES string of the molecule is CC(N)C1CCN(C(=O)C2CCCCC2C(F)(F)F)CC1.Cl. The molecule has 2 rings (SSSR count). The lowest BCUT2D eigenvalue weighted by atomic mass is 9.77. The van der Waals surface area contributed by atoms with E-state index in [1.807, 2.05) is 6.92 Å². The van der Waals surface area contributed by atoms with Crippen LogP contribution in [0.2, 0.25) is 0 Å². The maximum Gasteiger partial charge on any atom is 0.392 e. The van der Waals surface area contributed by atoms with E-state index in [0.29, 0.717) is 31.8 Å². The average molecular weight is 343 g/mol. The lowest BCUT2D eigenvalue weighted by molar-refractivity contribution is -0.201. The summed E-state index contributed by atoms with van der Waals surface area (Å²) < 4.78 is 39.3. The molecule has 0 aromatic heterocycles. The van der Waals surface area contributed by atoms with Gasteiger partial charge in [-0.25, -0.2) is 0 Å². The number of carbonyl (C=O) groups is 1. The first-order valence-electron chi connectivity index (χ1n) is 7.91. The fourth-order valence-electron chi connectivity index (χ4n) is 3.70. The predicted octanol–water partition coefficient (Wildman–Crippen LogP) is 3.36. The minimum absolute atomic E-state index is 0. The summed E-state index contributed by atoms with van der Waals surface area (Å²) in [5.41, 5.74) is 5.86. The molecule has 1 aliphatic carbocycles. The molecule has 2 N–H and O–H groups in total. The van der Waals surface area contributed by atoms with Crippen LogP contribution < -0.4 is 5.73 Å². The molecule has 7 heteroatoms. The number of alkyl halides is 3. The van der Waals surface area contributed by atoms with E-state index in [0.717, 1.165) is 19.3 Å². The topological polar surface area (TPSA) is 46.3 Å². The highest BCUT2D eigenvalue weighted by molar-refractivity contribution is 5.85. The van der Waals surface area contributed by atoms with Crippen LogP contribution in [0.1, 0.15) is 45.4 Å². The van der Waals surface area contributed by atoms with Crippen LogP contribution in [0.5, 0.6) is 0 Å². The second-order valence-electron chi connectivity index (χ2n) is 6.56. The van der Waals surface area contributed by atoms with Gasteiger partial charge in [0, 0.05) is 25.0 Å². The van der Waals surface area contributed by atoms with Crippen molar-refractivity contribution in [3.8, 4) is 0 Å². The first-order valence-corrected chi connectivity index (χ1v) is 7.91. The van der Waals surface area contributed by atoms with Crippen LogP contribution in [0.25, 0.3) is 0 Å². The number of amides is 1. The van der Waals surface area contributed by atoms with E-state index in [9.17, 15) is 18.0 Å². The quantitative estimate of drug-likeness (QED) is 0.836. The maximum absolute atomic E-state index is 13.1. The van der Waals surface area contributed by atoms with E-state index < -0.39 is 18.0 Å². The highest BCUT2D eigenvalue weighted by Crippen LogP contribution is 2.42. The minimum Gasteiger partial charge on any atom is -0.342 e. The summed E-state index contributed by atoms with van der Waals surface area (Å²) in [6.45, 7) is 3.04. The number of likely N-dealkylation sites (tertiary alicyclic amines) is 1. The van der Waals surface area contributed by atoms with Gasteiger partial charge in [0.1, 0.15) is 0 Å². The lowest BCUT2D eigenvalue weighted by Crippen LogP contribution is -2.48. The first-order chi connectivity index (χ1) is 9.80. The molecule has 0 spiro atoms. The normalized spacial score (nSPS) is 28.9. The van der Waals surface area contributed by atoms with E-state index in [4.69, 9.17) is 5.73 Å². The molecular formula is C15H26ClF3N2O. The van der Waals surface area contributed by atoms with Gasteiger partial charge in [0.15, 0.2) is 0 Å². The summed E-state index contributed by atoms with van der Waals surface area (Å²) in [6.07, 6.45) is -0.906. The molecule has 0 aromatic carbocycles. The van der Waals surface area contributed by atoms with Gasteiger partial charge in [-0.1, -0.05) is 12.8 Å². The number of halogens is 4. The first kappa shape index (κ1) is 19.6. The number of hydrogen-bond donors (Lipinski definition) is 1. The standard InChI is InChI=1S/C15H25F3N2O.ClH/c1-10(19)11-6-8-20(9-7-11)14(21)12-4-2-3-5-13(12)15(16,17)18;/h10-13H,2-9,19H2,1H3;1H. The van der Waals surface area contributed by atoms with Crippen molar-refractivity contribution >= 4 is 18.3 Å². The Kier molecular flexibility index (Phi) is 6.99. The van der Waals surface area contributed by atoms with Crippen molar-refractivity contribution < 1.29 is 18.0 Å². The molecule has 1 saturated carbocycles. The molecule has 1 amide bonds. The monoisotopic (exact) mass is 342 g/mol. The van der Waals surface area contributed by atoms with Gasteiger partial charge in [-0.05, 0) is 38.5 Å². The summed E-state index contributed by atoms with van der Waals surface area (Å²) in [6, 6.07) is 0.0832. The zero-order valence-electron chi connectivity index (χ0n) is 12.9. The largest absolute Gasteiger partial charge is 0.392 e. The molecule has 0 aromatic rings. The number of piperidine rings is 1. The Morgan fingerprint density at radius 3 is 2.18 bits per heavy atom. The molecule has 2 aliphatic rings. The van der Waals surface area contributed by atoms with E-state index in [1.54, 1.807) is 4.90 Å². The minimum atomic E-state index is -4.26. The zero-order valence-corrected chi connectivity index (χ0v) is 13.8. The Balaban J connectivity index is 0.00000242. The molecule has 0 radical (unpaired) electrons. The van der Waals surface area contributed by atoms with Crippen LogP contribution in [0.3, 0.4) is 0 Å². The second kappa shape index (κ2) is 7.86. The van der Waals surface area contributed by atoms with Crippen LogP contribution in [0, 0.1) is 17.8 Å². The third-order valence-electron chi connectivity index (χ3n) is 5.10. The smallest absolute Gasteiger partial charge is 0.342 e. The van der Waals surface area contributed by atoms with Crippen LogP contribution in [0.15, 0.2) is 0 Å². The van der Waals surface area contributed by atoms with E-state index in [2.05, 4.69) is 0 Å². The molecule has 3 nitrogen and oxygen atoms in total. The van der Waals surface area contributed by atoms with Gasteiger partial charge in [-0.3, -0.25) is 4.79 Å². The number of hydrogen-bond acceptors (Lipinski definition) is 2. The van der Waals surface area contributed by atoms with Crippen molar-refractivity contribution in [2.75, 3.05) is 13.1 Å². The molecular weight excluding hydrogens is 317 g/mol. The number of rotatable bonds is 2. The van der Waals surface area contributed by atoms with Crippen molar-refractivity contribution in [2.45, 2.75) is 57.7 Å². The van der Waals surface area contributed by atoms with Gasteiger partial charge in [0.25, 0.3) is 0 Å². The third kappa shape index (κ3) is 4.51. The molecule has 1 heterocycles. The fraction of sp³-hybridized carbons (Fsp3) is 0.933. The summed E-state index contributed by atoms with van der Waals surface area (Å²) in [5, 5.41) is 0. The highest BCUT2D eigenvalue weighted by atomic mass is 35.5. The van der Waals surface area contributed by atoms with E-state index >= 15 is 0 Å². The summed E-state index contributed by atoms with van der Waals surface area (Å²) in [5.74, 6) is -2.24. The Morgan fingerprint density at radius 1 is 1.14 bits per heavy atom. The third-order valence-corrected chi connectivity index (χ3v) is 5.10. The molecule has 3 atom stereocenters. The van der Waals surface area contributed by atoms with Gasteiger partial charge in [0.05, 0.1) is 5.92 Å². The van der Waals surface area contributed by atoms with Crippen molar-refractivity contribution in [2.24, 2.45) is 23.5 Å². The predicted molar refractivity (Wildman–Crippen MR) is 81.7 cm³/mol. The van der Waals surface area contributed by atoms with Gasteiger partial charge >= 0.3 is 6.18 Å². The van der Waals surface area contributed by atoms with Crippen molar-refractivity contribution in [1.29, 1.82) is 0 Å². The van der Waals surface area contributed by atoms with Gasteiger partial charge in [-0.2, -0.15) is 13.2 Å². The fourth-order valence-corrected chi connectivity index (χ4v) is 3.70. The van der Waals surface area contributed by atoms with Gasteiger partial charge < -0.3 is 10.6 Å². The Hall–Kier alpha value is -0.490. The van der Waals surface area contributed by atoms with Gasteiger partial charge in [0.2, 0.25) is 5.91 Å². The number of carbonyl (C=O) groups excluding carboxylic acids is 1. The molecule has 1 saturated heterocycles. The molecule has 3 unspecified atom stereocenters. The zero-order chi connectivity index (χ0) is 15.6. The van der Waals surface area contributed by atoms with Crippen molar-refractivity contribution in [3.05, 3.63) is 0 Å². The molecule has 1 aliphatic heterocycles. The molecule has 22 heavy (non-hydrogen) atoms. The molecule has 2 fully saturated rings. The van der Waals surface area contributed by atoms with Crippen molar-refractivity contribution in [3.63, 3.8) is 0 Å². The lowest BCUT2D eigenvalue weighted by Gasteiger charge is -2.39. The maximum atomic E-state index is 13.1. The molecule has 130 valence electrons. The molecule has 0 bridgehead atoms. The van der Waals surface area contributed by atoms with Crippen molar-refractivity contribution in [1.82, 2.24) is 4.90 Å². The Labute approximate surface area is 136 Å². The van der Waals surface area contributed by atoms with E-state index in [1.165, 1.54) is 0 Å². The summed E-state index contributed by atoms with van der Waals surface area (Å²) in [4.78, 5) is 14.1.